The molecule has 0 bridgehead atoms. The summed E-state index contributed by atoms with van der Waals surface area (Å²) in [5.41, 5.74) is 0.282. The number of aryl methyl sites for hydroxylation is 1. The summed E-state index contributed by atoms with van der Waals surface area (Å²) in [7, 11) is 0. The molecule has 1 unspecified atom stereocenters. The van der Waals surface area contributed by atoms with Gasteiger partial charge in [0.25, 0.3) is 0 Å². The van der Waals surface area contributed by atoms with Crippen LogP contribution in [0, 0.1) is 0 Å². The van der Waals surface area contributed by atoms with Gasteiger partial charge in [0.15, 0.2) is 0 Å². The Morgan fingerprint density at radius 2 is 2.27 bits per heavy atom. The van der Waals surface area contributed by atoms with Crippen LogP contribution < -0.4 is 5.32 Å². The molecule has 1 atom stereocenters. The van der Waals surface area contributed by atoms with Crippen molar-refractivity contribution in [2.24, 2.45) is 0 Å². The second-order valence-electron chi connectivity index (χ2n) is 4.75. The minimum absolute atomic E-state index is 0.282. The van der Waals surface area contributed by atoms with Crippen LogP contribution in [0.1, 0.15) is 36.6 Å². The van der Waals surface area contributed by atoms with Crippen LogP contribution in [0.4, 0.5) is 0 Å². The van der Waals surface area contributed by atoms with Crippen molar-refractivity contribution in [3.8, 4) is 0 Å². The van der Waals surface area contributed by atoms with E-state index in [-0.39, 0.29) is 5.54 Å². The van der Waals surface area contributed by atoms with E-state index in [9.17, 15) is 0 Å². The molecule has 1 aliphatic rings. The van der Waals surface area contributed by atoms with Crippen molar-refractivity contribution in [2.45, 2.75) is 38.8 Å². The molecule has 1 N–H and O–H groups in total. The summed E-state index contributed by atoms with van der Waals surface area (Å²) in [6.45, 7) is 6.81. The third kappa shape index (κ3) is 2.77. The van der Waals surface area contributed by atoms with Gasteiger partial charge >= 0.3 is 0 Å². The van der Waals surface area contributed by atoms with E-state index in [1.54, 1.807) is 0 Å². The maximum absolute atomic E-state index is 3.74. The van der Waals surface area contributed by atoms with Crippen LogP contribution in [0.2, 0.25) is 0 Å². The van der Waals surface area contributed by atoms with Crippen LogP contribution in [0.3, 0.4) is 0 Å². The molecule has 15 heavy (non-hydrogen) atoms. The molecule has 0 amide bonds. The molecule has 1 aliphatic heterocycles. The molecule has 2 heterocycles. The van der Waals surface area contributed by atoms with E-state index >= 15 is 0 Å². The fourth-order valence-electron chi connectivity index (χ4n) is 1.91. The highest BCUT2D eigenvalue weighted by Gasteiger charge is 2.28. The lowest BCUT2D eigenvalue weighted by molar-refractivity contribution is 0.379. The Hall–Kier alpha value is 0.01000. The zero-order chi connectivity index (χ0) is 10.9. The Morgan fingerprint density at radius 1 is 1.47 bits per heavy atom. The van der Waals surface area contributed by atoms with Crippen LogP contribution in [0.15, 0.2) is 12.1 Å². The Morgan fingerprint density at radius 3 is 2.87 bits per heavy atom. The highest BCUT2D eigenvalue weighted by atomic mass is 32.2. The van der Waals surface area contributed by atoms with Gasteiger partial charge in [0, 0.05) is 26.8 Å². The van der Waals surface area contributed by atoms with E-state index in [4.69, 9.17) is 0 Å². The maximum Gasteiger partial charge on any atom is 0.0511 e. The second kappa shape index (κ2) is 4.48. The molecule has 0 aliphatic carbocycles. The molecule has 84 valence electrons. The quantitative estimate of drug-likeness (QED) is 0.851. The van der Waals surface area contributed by atoms with Crippen molar-refractivity contribution < 1.29 is 0 Å². The fraction of sp³-hybridized carbons (Fsp3) is 0.667. The number of thiophene rings is 1. The lowest BCUT2D eigenvalue weighted by Crippen LogP contribution is -2.47. The monoisotopic (exact) mass is 241 g/mol. The second-order valence-corrected chi connectivity index (χ2v) is 6.98. The van der Waals surface area contributed by atoms with Gasteiger partial charge in [-0.25, -0.2) is 0 Å². The predicted octanol–water partition coefficient (Wildman–Crippen LogP) is 3.47. The van der Waals surface area contributed by atoms with Crippen molar-refractivity contribution >= 4 is 23.1 Å². The van der Waals surface area contributed by atoms with Crippen LogP contribution in [0.25, 0.3) is 0 Å². The predicted molar refractivity (Wildman–Crippen MR) is 71.0 cm³/mol. The summed E-state index contributed by atoms with van der Waals surface area (Å²) in [6, 6.07) is 5.13. The molecule has 1 aromatic heterocycles. The largest absolute Gasteiger partial charge is 0.303 e. The van der Waals surface area contributed by atoms with Gasteiger partial charge in [-0.1, -0.05) is 6.92 Å². The van der Waals surface area contributed by atoms with Crippen molar-refractivity contribution in [3.63, 3.8) is 0 Å². The highest BCUT2D eigenvalue weighted by molar-refractivity contribution is 7.99. The van der Waals surface area contributed by atoms with E-state index in [1.165, 1.54) is 21.3 Å². The first-order chi connectivity index (χ1) is 7.11. The first-order valence-electron chi connectivity index (χ1n) is 5.55. The van der Waals surface area contributed by atoms with Gasteiger partial charge in [0.05, 0.1) is 6.04 Å². The van der Waals surface area contributed by atoms with Gasteiger partial charge in [-0.05, 0) is 32.4 Å². The van der Waals surface area contributed by atoms with Crippen LogP contribution in [0.5, 0.6) is 0 Å². The lowest BCUT2D eigenvalue weighted by atomic mass is 10.1. The van der Waals surface area contributed by atoms with Gasteiger partial charge in [0.2, 0.25) is 0 Å². The highest BCUT2D eigenvalue weighted by Crippen LogP contribution is 2.32. The smallest absolute Gasteiger partial charge is 0.0511 e. The topological polar surface area (TPSA) is 12.0 Å². The number of nitrogens with one attached hydrogen (secondary N) is 1. The molecule has 0 aromatic carbocycles. The maximum atomic E-state index is 3.74. The molecule has 3 heteroatoms. The number of hydrogen-bond acceptors (Lipinski definition) is 3. The number of rotatable bonds is 2. The van der Waals surface area contributed by atoms with Gasteiger partial charge in [0.1, 0.15) is 0 Å². The SMILES string of the molecule is CCc1ccc(C2CSCC(C)(C)N2)s1. The molecule has 1 fully saturated rings. The minimum Gasteiger partial charge on any atom is -0.303 e. The van der Waals surface area contributed by atoms with Gasteiger partial charge in [-0.15, -0.1) is 11.3 Å². The van der Waals surface area contributed by atoms with E-state index in [2.05, 4.69) is 50.0 Å². The Bertz CT molecular complexity index is 330. The van der Waals surface area contributed by atoms with Gasteiger partial charge in [-0.2, -0.15) is 11.8 Å². The minimum atomic E-state index is 0.282. The van der Waals surface area contributed by atoms with Crippen molar-refractivity contribution in [1.82, 2.24) is 5.32 Å². The average Bonchev–Trinajstić information content (AvgIpc) is 2.64. The summed E-state index contributed by atoms with van der Waals surface area (Å²) in [5, 5.41) is 3.74. The fourth-order valence-corrected chi connectivity index (χ4v) is 4.23. The molecular weight excluding hydrogens is 222 g/mol. The van der Waals surface area contributed by atoms with Gasteiger partial charge < -0.3 is 5.32 Å². The van der Waals surface area contributed by atoms with E-state index in [1.807, 2.05) is 11.3 Å². The van der Waals surface area contributed by atoms with Gasteiger partial charge in [-0.3, -0.25) is 0 Å². The summed E-state index contributed by atoms with van der Waals surface area (Å²) >= 11 is 4.03. The standard InChI is InChI=1S/C12H19NS2/c1-4-9-5-6-11(15-9)10-7-14-8-12(2,3)13-10/h5-6,10,13H,4,7-8H2,1-3H3. The van der Waals surface area contributed by atoms with Crippen LogP contribution in [-0.2, 0) is 6.42 Å². The molecule has 0 saturated carbocycles. The van der Waals surface area contributed by atoms with Crippen molar-refractivity contribution in [1.29, 1.82) is 0 Å². The molecule has 0 spiro atoms. The van der Waals surface area contributed by atoms with Crippen LogP contribution >= 0.6 is 23.1 Å². The Balaban J connectivity index is 2.10. The third-order valence-corrected chi connectivity index (χ3v) is 5.52. The molecular formula is C12H19NS2. The first kappa shape index (κ1) is 11.5. The third-order valence-electron chi connectivity index (χ3n) is 2.69. The van der Waals surface area contributed by atoms with E-state index in [0.29, 0.717) is 6.04 Å². The molecule has 0 radical (unpaired) electrons. The van der Waals surface area contributed by atoms with Crippen molar-refractivity contribution in [3.05, 3.63) is 21.9 Å². The molecule has 1 nitrogen and oxygen atoms in total. The molecule has 2 rings (SSSR count). The lowest BCUT2D eigenvalue weighted by Gasteiger charge is -2.36. The number of thioether (sulfide) groups is 1. The van der Waals surface area contributed by atoms with E-state index < -0.39 is 0 Å². The van der Waals surface area contributed by atoms with Crippen LogP contribution in [-0.4, -0.2) is 17.0 Å². The van der Waals surface area contributed by atoms with E-state index in [0.717, 1.165) is 6.42 Å². The van der Waals surface area contributed by atoms with Crippen molar-refractivity contribution in [2.75, 3.05) is 11.5 Å². The average molecular weight is 241 g/mol. The summed E-state index contributed by atoms with van der Waals surface area (Å²) in [5.74, 6) is 2.43. The zero-order valence-electron chi connectivity index (χ0n) is 9.67. The molecule has 1 aromatic rings. The normalized spacial score (nSPS) is 25.4. The number of hydrogen-bond donors (Lipinski definition) is 1. The Labute approximate surface area is 101 Å². The summed E-state index contributed by atoms with van der Waals surface area (Å²) < 4.78 is 0. The molecule has 1 saturated heterocycles. The first-order valence-corrected chi connectivity index (χ1v) is 7.52. The summed E-state index contributed by atoms with van der Waals surface area (Å²) in [4.78, 5) is 3.01. The summed E-state index contributed by atoms with van der Waals surface area (Å²) in [6.07, 6.45) is 1.16. The zero-order valence-corrected chi connectivity index (χ0v) is 11.3. The Kier molecular flexibility index (Phi) is 3.43.